The van der Waals surface area contributed by atoms with Crippen LogP contribution in [0.15, 0.2) is 65.6 Å². The van der Waals surface area contributed by atoms with Gasteiger partial charge in [-0.3, -0.25) is 9.59 Å². The van der Waals surface area contributed by atoms with Crippen LogP contribution >= 0.6 is 11.3 Å². The lowest BCUT2D eigenvalue weighted by Crippen LogP contribution is -2.28. The van der Waals surface area contributed by atoms with Crippen molar-refractivity contribution in [3.05, 3.63) is 87.1 Å². The molecule has 0 bridgehead atoms. The van der Waals surface area contributed by atoms with Crippen LogP contribution in [-0.2, 0) is 16.1 Å². The number of Topliss-reactive ketones (excluding diaryl/α,β-unsaturated/α-hetero) is 1. The summed E-state index contributed by atoms with van der Waals surface area (Å²) in [6.07, 6.45) is 0. The minimum absolute atomic E-state index is 0.102. The molecule has 1 aromatic heterocycles. The molecule has 1 aliphatic heterocycles. The summed E-state index contributed by atoms with van der Waals surface area (Å²) < 4.78 is 11.0. The van der Waals surface area contributed by atoms with Crippen LogP contribution in [0.25, 0.3) is 5.76 Å². The zero-order valence-corrected chi connectivity index (χ0v) is 21.1. The number of ether oxygens (including phenoxy) is 2. The molecular weight excluding hydrogens is 462 g/mol. The van der Waals surface area contributed by atoms with E-state index in [1.54, 1.807) is 13.2 Å². The number of thiophene rings is 1. The van der Waals surface area contributed by atoms with Crippen LogP contribution in [-0.4, -0.2) is 35.4 Å². The number of hydrogen-bond donors (Lipinski definition) is 1. The molecule has 4 rings (SSSR count). The summed E-state index contributed by atoms with van der Waals surface area (Å²) in [6.45, 7) is 6.76. The number of hydrogen-bond acceptors (Lipinski definition) is 6. The van der Waals surface area contributed by atoms with Gasteiger partial charge in [0.05, 0.1) is 25.3 Å². The third-order valence-corrected chi connectivity index (χ3v) is 6.99. The average molecular weight is 492 g/mol. The standard InChI is InChI=1S/C28H29NO5S/c1-5-34-22-13-10-19(15-21(22)17(2)3)26(30)24-25(23-7-6-14-35-23)29(28(32)27(24)31)16-18-8-11-20(33-4)12-9-18/h6-15,17,25,30H,5,16H2,1-4H3/b26-24-. The van der Waals surface area contributed by atoms with Gasteiger partial charge >= 0.3 is 0 Å². The van der Waals surface area contributed by atoms with Gasteiger partial charge in [-0.2, -0.15) is 0 Å². The Hall–Kier alpha value is -3.58. The van der Waals surface area contributed by atoms with Gasteiger partial charge in [-0.1, -0.05) is 32.0 Å². The Morgan fingerprint density at radius 1 is 1.11 bits per heavy atom. The number of likely N-dealkylation sites (tertiary alicyclic amines) is 1. The zero-order chi connectivity index (χ0) is 25.1. The first-order chi connectivity index (χ1) is 16.8. The largest absolute Gasteiger partial charge is 0.507 e. The minimum Gasteiger partial charge on any atom is -0.507 e. The van der Waals surface area contributed by atoms with E-state index in [0.717, 1.165) is 21.8 Å². The Labute approximate surface area is 209 Å². The monoisotopic (exact) mass is 491 g/mol. The molecule has 182 valence electrons. The quantitative estimate of drug-likeness (QED) is 0.241. The molecule has 6 nitrogen and oxygen atoms in total. The van der Waals surface area contributed by atoms with E-state index >= 15 is 0 Å². The number of carbonyl (C=O) groups excluding carboxylic acids is 2. The fraction of sp³-hybridized carbons (Fsp3) is 0.286. The summed E-state index contributed by atoms with van der Waals surface area (Å²) >= 11 is 1.45. The molecule has 0 spiro atoms. The Morgan fingerprint density at radius 3 is 2.46 bits per heavy atom. The van der Waals surface area contributed by atoms with E-state index in [0.29, 0.717) is 17.9 Å². The zero-order valence-electron chi connectivity index (χ0n) is 20.3. The number of carbonyl (C=O) groups is 2. The van der Waals surface area contributed by atoms with Crippen LogP contribution in [0.1, 0.15) is 54.3 Å². The first-order valence-corrected chi connectivity index (χ1v) is 12.5. The summed E-state index contributed by atoms with van der Waals surface area (Å²) in [7, 11) is 1.59. The highest BCUT2D eigenvalue weighted by Gasteiger charge is 2.46. The Kier molecular flexibility index (Phi) is 7.26. The van der Waals surface area contributed by atoms with Gasteiger partial charge in [0.2, 0.25) is 0 Å². The Balaban J connectivity index is 1.80. The van der Waals surface area contributed by atoms with Crippen LogP contribution in [0.3, 0.4) is 0 Å². The van der Waals surface area contributed by atoms with Crippen molar-refractivity contribution < 1.29 is 24.2 Å². The first kappa shape index (κ1) is 24.5. The number of methoxy groups -OCH3 is 1. The van der Waals surface area contributed by atoms with E-state index in [1.165, 1.54) is 16.2 Å². The van der Waals surface area contributed by atoms with Gasteiger partial charge < -0.3 is 19.5 Å². The van der Waals surface area contributed by atoms with Gasteiger partial charge in [0, 0.05) is 17.0 Å². The first-order valence-electron chi connectivity index (χ1n) is 11.6. The second-order valence-corrected chi connectivity index (χ2v) is 9.61. The van der Waals surface area contributed by atoms with Crippen molar-refractivity contribution in [3.63, 3.8) is 0 Å². The average Bonchev–Trinajstić information content (AvgIpc) is 3.47. The molecule has 0 aliphatic carbocycles. The molecule has 1 N–H and O–H groups in total. The maximum atomic E-state index is 13.3. The summed E-state index contributed by atoms with van der Waals surface area (Å²) in [6, 6.07) is 15.8. The summed E-state index contributed by atoms with van der Waals surface area (Å²) in [5.74, 6) is 0.111. The summed E-state index contributed by atoms with van der Waals surface area (Å²) in [5, 5.41) is 13.3. The van der Waals surface area contributed by atoms with Crippen LogP contribution in [0.5, 0.6) is 11.5 Å². The van der Waals surface area contributed by atoms with E-state index in [-0.39, 0.29) is 23.8 Å². The van der Waals surface area contributed by atoms with Gasteiger partial charge in [0.1, 0.15) is 17.3 Å². The van der Waals surface area contributed by atoms with Crippen molar-refractivity contribution >= 4 is 28.8 Å². The predicted molar refractivity (Wildman–Crippen MR) is 137 cm³/mol. The van der Waals surface area contributed by atoms with E-state index in [1.807, 2.05) is 74.7 Å². The van der Waals surface area contributed by atoms with Crippen molar-refractivity contribution in [3.8, 4) is 11.5 Å². The maximum absolute atomic E-state index is 13.3. The highest BCUT2D eigenvalue weighted by atomic mass is 32.1. The van der Waals surface area contributed by atoms with Gasteiger partial charge in [-0.15, -0.1) is 11.3 Å². The summed E-state index contributed by atoms with van der Waals surface area (Å²) in [5.41, 5.74) is 2.37. The lowest BCUT2D eigenvalue weighted by Gasteiger charge is -2.24. The number of nitrogens with zero attached hydrogens (tertiary/aromatic N) is 1. The third kappa shape index (κ3) is 4.82. The van der Waals surface area contributed by atoms with Crippen molar-refractivity contribution in [1.29, 1.82) is 0 Å². The molecule has 2 heterocycles. The fourth-order valence-corrected chi connectivity index (χ4v) is 5.15. The fourth-order valence-electron chi connectivity index (χ4n) is 4.30. The molecule has 1 saturated heterocycles. The highest BCUT2D eigenvalue weighted by Crippen LogP contribution is 2.42. The second-order valence-electron chi connectivity index (χ2n) is 8.63. The SMILES string of the molecule is CCOc1ccc(/C(O)=C2/C(=O)C(=O)N(Cc3ccc(OC)cc3)C2c2cccs2)cc1C(C)C. The topological polar surface area (TPSA) is 76.1 Å². The van der Waals surface area contributed by atoms with Crippen LogP contribution in [0.4, 0.5) is 0 Å². The summed E-state index contributed by atoms with van der Waals surface area (Å²) in [4.78, 5) is 28.8. The highest BCUT2D eigenvalue weighted by molar-refractivity contribution is 7.10. The number of rotatable bonds is 8. The van der Waals surface area contributed by atoms with Gasteiger partial charge in [-0.05, 0) is 65.7 Å². The van der Waals surface area contributed by atoms with E-state index in [9.17, 15) is 14.7 Å². The number of ketones is 1. The lowest BCUT2D eigenvalue weighted by molar-refractivity contribution is -0.140. The molecule has 1 unspecified atom stereocenters. The molecule has 1 atom stereocenters. The molecule has 1 fully saturated rings. The number of amides is 1. The molecule has 0 radical (unpaired) electrons. The Morgan fingerprint density at radius 2 is 1.86 bits per heavy atom. The Bertz CT molecular complexity index is 1240. The van der Waals surface area contributed by atoms with Gasteiger partial charge in [-0.25, -0.2) is 0 Å². The molecule has 1 aliphatic rings. The van der Waals surface area contributed by atoms with Crippen molar-refractivity contribution in [2.75, 3.05) is 13.7 Å². The number of aliphatic hydroxyl groups is 1. The van der Waals surface area contributed by atoms with Crippen molar-refractivity contribution in [2.24, 2.45) is 0 Å². The number of benzene rings is 2. The molecule has 0 saturated carbocycles. The van der Waals surface area contributed by atoms with Crippen LogP contribution < -0.4 is 9.47 Å². The van der Waals surface area contributed by atoms with Gasteiger partial charge in [0.25, 0.3) is 11.7 Å². The molecular formula is C28H29NO5S. The van der Waals surface area contributed by atoms with Crippen LogP contribution in [0, 0.1) is 0 Å². The third-order valence-electron chi connectivity index (χ3n) is 6.07. The maximum Gasteiger partial charge on any atom is 0.295 e. The lowest BCUT2D eigenvalue weighted by atomic mass is 9.95. The minimum atomic E-state index is -0.686. The van der Waals surface area contributed by atoms with Crippen molar-refractivity contribution in [1.82, 2.24) is 4.90 Å². The normalized spacial score (nSPS) is 17.3. The van der Waals surface area contributed by atoms with Gasteiger partial charge in [0.15, 0.2) is 0 Å². The molecule has 1 amide bonds. The number of aliphatic hydroxyl groups excluding tert-OH is 1. The van der Waals surface area contributed by atoms with E-state index in [2.05, 4.69) is 0 Å². The van der Waals surface area contributed by atoms with Crippen LogP contribution in [0.2, 0.25) is 0 Å². The smallest absolute Gasteiger partial charge is 0.295 e. The van der Waals surface area contributed by atoms with Crippen molar-refractivity contribution in [2.45, 2.75) is 39.3 Å². The second kappa shape index (κ2) is 10.4. The molecule has 35 heavy (non-hydrogen) atoms. The molecule has 7 heteroatoms. The molecule has 3 aromatic rings. The predicted octanol–water partition coefficient (Wildman–Crippen LogP) is 5.90. The van der Waals surface area contributed by atoms with E-state index in [4.69, 9.17) is 9.47 Å². The van der Waals surface area contributed by atoms with E-state index < -0.39 is 17.7 Å². The molecule has 2 aromatic carbocycles.